The Labute approximate surface area is 174 Å². The number of pyridine rings is 1. The molecule has 162 valence electrons. The number of aromatic nitrogens is 3. The van der Waals surface area contributed by atoms with Crippen LogP contribution in [0.15, 0.2) is 24.3 Å². The lowest BCUT2D eigenvalue weighted by molar-refractivity contribution is 0.0957. The van der Waals surface area contributed by atoms with E-state index in [0.717, 1.165) is 18.8 Å². The van der Waals surface area contributed by atoms with Gasteiger partial charge in [-0.1, -0.05) is 6.92 Å². The Morgan fingerprint density at radius 1 is 1.20 bits per heavy atom. The zero-order chi connectivity index (χ0) is 21.5. The molecule has 10 nitrogen and oxygen atoms in total. The molecule has 3 rings (SSSR count). The first-order valence-electron chi connectivity index (χ1n) is 9.86. The molecule has 0 aliphatic carbocycles. The van der Waals surface area contributed by atoms with Gasteiger partial charge in [-0.2, -0.15) is 9.49 Å². The lowest BCUT2D eigenvalue weighted by Crippen LogP contribution is -2.46. The van der Waals surface area contributed by atoms with Crippen LogP contribution in [0.2, 0.25) is 0 Å². The molecule has 2 aromatic rings. The highest BCUT2D eigenvalue weighted by molar-refractivity contribution is 5.92. The number of aliphatic hydroxyl groups is 1. The van der Waals surface area contributed by atoms with E-state index in [2.05, 4.69) is 36.0 Å². The predicted octanol–water partition coefficient (Wildman–Crippen LogP) is -0.0102. The van der Waals surface area contributed by atoms with Gasteiger partial charge in [0.1, 0.15) is 5.69 Å². The van der Waals surface area contributed by atoms with Crippen molar-refractivity contribution in [1.29, 1.82) is 0 Å². The third kappa shape index (κ3) is 5.59. The van der Waals surface area contributed by atoms with Crippen molar-refractivity contribution >= 4 is 17.4 Å². The number of hydrogen-bond acceptors (Lipinski definition) is 9. The van der Waals surface area contributed by atoms with Crippen molar-refractivity contribution in [3.63, 3.8) is 0 Å². The average Bonchev–Trinajstić information content (AvgIpc) is 2.75. The van der Waals surface area contributed by atoms with E-state index in [0.29, 0.717) is 37.7 Å². The van der Waals surface area contributed by atoms with Gasteiger partial charge in [0.05, 0.1) is 11.4 Å². The van der Waals surface area contributed by atoms with E-state index in [1.54, 1.807) is 12.1 Å². The molecule has 3 heterocycles. The molecule has 0 bridgehead atoms. The van der Waals surface area contributed by atoms with Gasteiger partial charge in [0.25, 0.3) is 5.91 Å². The maximum Gasteiger partial charge on any atom is 0.269 e. The van der Waals surface area contributed by atoms with Crippen LogP contribution in [0.4, 0.5) is 15.9 Å². The quantitative estimate of drug-likeness (QED) is 0.347. The van der Waals surface area contributed by atoms with Gasteiger partial charge >= 0.3 is 0 Å². The van der Waals surface area contributed by atoms with Gasteiger partial charge in [0, 0.05) is 39.8 Å². The Kier molecular flexibility index (Phi) is 7.44. The first-order chi connectivity index (χ1) is 14.5. The number of amides is 1. The van der Waals surface area contributed by atoms with E-state index in [1.165, 1.54) is 13.1 Å². The highest BCUT2D eigenvalue weighted by atomic mass is 19.1. The molecule has 0 spiro atoms. The summed E-state index contributed by atoms with van der Waals surface area (Å²) in [6, 6.07) is 6.76. The molecule has 0 radical (unpaired) electrons. The number of rotatable bonds is 8. The molecule has 30 heavy (non-hydrogen) atoms. The normalized spacial score (nSPS) is 15.7. The summed E-state index contributed by atoms with van der Waals surface area (Å²) >= 11 is 0. The lowest BCUT2D eigenvalue weighted by Gasteiger charge is -2.35. The van der Waals surface area contributed by atoms with E-state index in [4.69, 9.17) is 0 Å². The van der Waals surface area contributed by atoms with Crippen molar-refractivity contribution in [3.8, 4) is 0 Å². The number of nitrogens with zero attached hydrogens (tertiary/aromatic N) is 5. The molecule has 1 fully saturated rings. The van der Waals surface area contributed by atoms with Gasteiger partial charge in [-0.3, -0.25) is 15.0 Å². The molecule has 1 atom stereocenters. The Bertz CT molecular complexity index is 843. The largest absolute Gasteiger partial charge is 0.365 e. The van der Waals surface area contributed by atoms with E-state index < -0.39 is 18.2 Å². The molecule has 1 saturated heterocycles. The summed E-state index contributed by atoms with van der Waals surface area (Å²) in [5.74, 6) is -0.567. The van der Waals surface area contributed by atoms with Crippen LogP contribution in [0.5, 0.6) is 0 Å². The first kappa shape index (κ1) is 21.8. The molecule has 1 aliphatic heterocycles. The smallest absolute Gasteiger partial charge is 0.269 e. The topological polar surface area (TPSA) is 119 Å². The van der Waals surface area contributed by atoms with Crippen LogP contribution in [0, 0.1) is 5.95 Å². The van der Waals surface area contributed by atoms with Gasteiger partial charge < -0.3 is 20.6 Å². The van der Waals surface area contributed by atoms with Crippen LogP contribution in [-0.2, 0) is 6.54 Å². The molecule has 2 aromatic heterocycles. The van der Waals surface area contributed by atoms with E-state index in [9.17, 15) is 14.3 Å². The summed E-state index contributed by atoms with van der Waals surface area (Å²) in [6.45, 7) is 5.90. The Morgan fingerprint density at radius 2 is 1.97 bits per heavy atom. The molecular weight excluding hydrogens is 391 g/mol. The minimum Gasteiger partial charge on any atom is -0.365 e. The van der Waals surface area contributed by atoms with Crippen molar-refractivity contribution < 1.29 is 14.3 Å². The maximum atomic E-state index is 14.4. The number of piperazine rings is 1. The maximum absolute atomic E-state index is 14.4. The summed E-state index contributed by atoms with van der Waals surface area (Å²) in [7, 11) is 1.48. The standard InChI is InChI=1S/C19H27FN8O2/c1-3-22-19(30)24-16-7-4-13(25-26-16)12-27-8-10-28(11-9-27)15-6-5-14(18(29)21-2)23-17(15)20/h4-7,19,22,30H,3,8-12H2,1-2H3,(H,21,29)(H,24,26). The molecule has 4 N–H and O–H groups in total. The highest BCUT2D eigenvalue weighted by Gasteiger charge is 2.21. The van der Waals surface area contributed by atoms with Crippen molar-refractivity contribution in [2.24, 2.45) is 0 Å². The fraction of sp³-hybridized carbons (Fsp3) is 0.474. The lowest BCUT2D eigenvalue weighted by atomic mass is 10.2. The molecule has 0 saturated carbocycles. The molecule has 1 aliphatic rings. The van der Waals surface area contributed by atoms with E-state index >= 15 is 0 Å². The molecular formula is C19H27FN8O2. The third-order valence-electron chi connectivity index (χ3n) is 4.79. The summed E-state index contributed by atoms with van der Waals surface area (Å²) in [5.41, 5.74) is 1.28. The number of hydrogen-bond donors (Lipinski definition) is 4. The second-order valence-corrected chi connectivity index (χ2v) is 6.86. The third-order valence-corrected chi connectivity index (χ3v) is 4.79. The highest BCUT2D eigenvalue weighted by Crippen LogP contribution is 2.20. The number of carbonyl (C=O) groups excluding carboxylic acids is 1. The van der Waals surface area contributed by atoms with E-state index in [1.807, 2.05) is 17.9 Å². The summed E-state index contributed by atoms with van der Waals surface area (Å²) in [5, 5.41) is 26.0. The zero-order valence-electron chi connectivity index (χ0n) is 17.1. The first-order valence-corrected chi connectivity index (χ1v) is 9.86. The minimum atomic E-state index is -0.872. The van der Waals surface area contributed by atoms with Crippen LogP contribution >= 0.6 is 0 Å². The van der Waals surface area contributed by atoms with Gasteiger partial charge in [0.15, 0.2) is 12.2 Å². The number of halogens is 1. The molecule has 1 amide bonds. The summed E-state index contributed by atoms with van der Waals surface area (Å²) < 4.78 is 14.4. The Balaban J connectivity index is 1.52. The molecule has 0 aromatic carbocycles. The summed E-state index contributed by atoms with van der Waals surface area (Å²) in [6.07, 6.45) is -0.872. The van der Waals surface area contributed by atoms with Gasteiger partial charge in [0.2, 0.25) is 5.95 Å². The van der Waals surface area contributed by atoms with Crippen LogP contribution in [-0.4, -0.2) is 77.2 Å². The van der Waals surface area contributed by atoms with Crippen LogP contribution < -0.4 is 20.9 Å². The Morgan fingerprint density at radius 3 is 2.57 bits per heavy atom. The van der Waals surface area contributed by atoms with Gasteiger partial charge in [-0.15, -0.1) is 5.10 Å². The summed E-state index contributed by atoms with van der Waals surface area (Å²) in [4.78, 5) is 19.5. The zero-order valence-corrected chi connectivity index (χ0v) is 17.1. The number of nitrogens with one attached hydrogen (secondary N) is 3. The van der Waals surface area contributed by atoms with Crippen LogP contribution in [0.1, 0.15) is 23.1 Å². The van der Waals surface area contributed by atoms with E-state index in [-0.39, 0.29) is 5.69 Å². The Hall–Kier alpha value is -2.89. The number of anilines is 2. The van der Waals surface area contributed by atoms with Crippen molar-refractivity contribution in [1.82, 2.24) is 30.7 Å². The average molecular weight is 418 g/mol. The number of aliphatic hydroxyl groups excluding tert-OH is 1. The van der Waals surface area contributed by atoms with Crippen molar-refractivity contribution in [3.05, 3.63) is 41.6 Å². The fourth-order valence-corrected chi connectivity index (χ4v) is 3.20. The van der Waals surface area contributed by atoms with Crippen LogP contribution in [0.3, 0.4) is 0 Å². The molecule has 1 unspecified atom stereocenters. The number of carbonyl (C=O) groups is 1. The predicted molar refractivity (Wildman–Crippen MR) is 110 cm³/mol. The van der Waals surface area contributed by atoms with Gasteiger partial charge in [-0.25, -0.2) is 4.98 Å². The monoisotopic (exact) mass is 418 g/mol. The molecule has 11 heteroatoms. The van der Waals surface area contributed by atoms with Crippen molar-refractivity contribution in [2.75, 3.05) is 50.0 Å². The fourth-order valence-electron chi connectivity index (χ4n) is 3.20. The minimum absolute atomic E-state index is 0.0619. The SMILES string of the molecule is CCNC(O)Nc1ccc(CN2CCN(c3ccc(C(=O)NC)nc3F)CC2)nn1. The van der Waals surface area contributed by atoms with Crippen LogP contribution in [0.25, 0.3) is 0 Å². The second-order valence-electron chi connectivity index (χ2n) is 6.86. The van der Waals surface area contributed by atoms with Gasteiger partial charge in [-0.05, 0) is 30.8 Å². The van der Waals surface area contributed by atoms with Crippen molar-refractivity contribution in [2.45, 2.75) is 19.8 Å². The second kappa shape index (κ2) is 10.2.